The number of benzene rings is 8. The molecule has 0 radical (unpaired) electrons. The second kappa shape index (κ2) is 12.1. The highest BCUT2D eigenvalue weighted by atomic mass is 32.1. The Kier molecular flexibility index (Phi) is 7.07. The number of fused-ring (bicyclic) bond motifs is 19. The van der Waals surface area contributed by atoms with Crippen LogP contribution in [0.4, 0.5) is 11.4 Å². The van der Waals surface area contributed by atoms with Gasteiger partial charge in [0.1, 0.15) is 0 Å². The largest absolute Gasteiger partial charge is 0.376 e. The minimum absolute atomic E-state index is 0.00850. The van der Waals surface area contributed by atoms with Gasteiger partial charge in [0, 0.05) is 79.2 Å². The average Bonchev–Trinajstić information content (AvgIpc) is 4.00. The normalized spacial score (nSPS) is 14.9. The maximum absolute atomic E-state index is 2.74. The zero-order valence-corrected chi connectivity index (χ0v) is 39.2. The second-order valence-electron chi connectivity index (χ2n) is 21.3. The molecule has 1 aliphatic carbocycles. The van der Waals surface area contributed by atoms with Gasteiger partial charge in [0.25, 0.3) is 0 Å². The van der Waals surface area contributed by atoms with Crippen LogP contribution in [0.5, 0.6) is 0 Å². The van der Waals surface area contributed by atoms with Crippen molar-refractivity contribution < 1.29 is 0 Å². The molecule has 3 aromatic heterocycles. The van der Waals surface area contributed by atoms with Gasteiger partial charge in [-0.2, -0.15) is 0 Å². The highest BCUT2D eigenvalue weighted by Crippen LogP contribution is 2.60. The van der Waals surface area contributed by atoms with E-state index in [1.54, 1.807) is 0 Å². The van der Waals surface area contributed by atoms with Gasteiger partial charge < -0.3 is 9.38 Å². The number of hydrogen-bond acceptors (Lipinski definition) is 3. The first kappa shape index (κ1) is 37.3. The molecule has 14 rings (SSSR count). The van der Waals surface area contributed by atoms with E-state index in [0.29, 0.717) is 0 Å². The molecule has 308 valence electrons. The molecule has 0 unspecified atom stereocenters. The zero-order valence-electron chi connectivity index (χ0n) is 37.6. The van der Waals surface area contributed by atoms with Crippen molar-refractivity contribution in [3.63, 3.8) is 0 Å². The summed E-state index contributed by atoms with van der Waals surface area (Å²) >= 11 is 3.86. The van der Waals surface area contributed by atoms with Gasteiger partial charge in [-0.15, -0.1) is 22.7 Å². The first-order valence-corrected chi connectivity index (χ1v) is 24.5. The fraction of sp³-hybridized carbons (Fsp3) is 0.186. The maximum atomic E-state index is 2.74. The van der Waals surface area contributed by atoms with Crippen molar-refractivity contribution in [1.82, 2.24) is 4.57 Å². The number of aromatic nitrogens is 1. The Morgan fingerprint density at radius 3 is 1.81 bits per heavy atom. The van der Waals surface area contributed by atoms with Gasteiger partial charge in [-0.05, 0) is 121 Å². The van der Waals surface area contributed by atoms with Crippen molar-refractivity contribution in [2.75, 3.05) is 4.81 Å². The molecule has 8 aromatic carbocycles. The van der Waals surface area contributed by atoms with E-state index in [4.69, 9.17) is 0 Å². The number of nitrogens with zero attached hydrogens (tertiary/aromatic N) is 2. The van der Waals surface area contributed by atoms with Crippen molar-refractivity contribution in [2.24, 2.45) is 0 Å². The molecule has 0 saturated heterocycles. The second-order valence-corrected chi connectivity index (χ2v) is 23.5. The predicted octanol–water partition coefficient (Wildman–Crippen LogP) is 15.7. The molecule has 5 heteroatoms. The van der Waals surface area contributed by atoms with E-state index in [2.05, 4.69) is 204 Å². The summed E-state index contributed by atoms with van der Waals surface area (Å²) in [6.45, 7) is 18.9. The molecular formula is C59H47BN2S2. The van der Waals surface area contributed by atoms with Crippen molar-refractivity contribution in [1.29, 1.82) is 0 Å². The van der Waals surface area contributed by atoms with Gasteiger partial charge in [0.2, 0.25) is 0 Å². The Bertz CT molecular complexity index is 3900. The molecule has 3 aliphatic rings. The van der Waals surface area contributed by atoms with Crippen LogP contribution in [0.2, 0.25) is 0 Å². The molecule has 2 aliphatic heterocycles. The molecule has 0 fully saturated rings. The number of hydrogen-bond donors (Lipinski definition) is 0. The molecule has 5 heterocycles. The highest BCUT2D eigenvalue weighted by molar-refractivity contribution is 7.26. The van der Waals surface area contributed by atoms with Gasteiger partial charge in [-0.25, -0.2) is 0 Å². The van der Waals surface area contributed by atoms with E-state index < -0.39 is 0 Å². The van der Waals surface area contributed by atoms with Crippen LogP contribution in [0.15, 0.2) is 140 Å². The summed E-state index contributed by atoms with van der Waals surface area (Å²) in [5, 5.41) is 8.10. The smallest absolute Gasteiger partial charge is 0.333 e. The van der Waals surface area contributed by atoms with Crippen LogP contribution < -0.4 is 15.7 Å². The summed E-state index contributed by atoms with van der Waals surface area (Å²) in [5.74, 6) is 0. The van der Waals surface area contributed by atoms with Crippen molar-refractivity contribution in [2.45, 2.75) is 71.6 Å². The topological polar surface area (TPSA) is 8.17 Å². The average molecular weight is 859 g/mol. The van der Waals surface area contributed by atoms with Crippen LogP contribution in [-0.4, -0.2) is 11.4 Å². The van der Waals surface area contributed by atoms with Crippen LogP contribution in [0, 0.1) is 0 Å². The first-order valence-electron chi connectivity index (χ1n) is 22.9. The van der Waals surface area contributed by atoms with E-state index in [1.807, 2.05) is 22.7 Å². The van der Waals surface area contributed by atoms with Gasteiger partial charge in [0.15, 0.2) is 0 Å². The number of anilines is 2. The van der Waals surface area contributed by atoms with Crippen molar-refractivity contribution in [3.8, 4) is 27.9 Å². The molecule has 0 spiro atoms. The van der Waals surface area contributed by atoms with Gasteiger partial charge in [0.05, 0.1) is 11.0 Å². The summed E-state index contributed by atoms with van der Waals surface area (Å²) in [6, 6.07) is 54.6. The third kappa shape index (κ3) is 4.66. The minimum Gasteiger partial charge on any atom is -0.376 e. The van der Waals surface area contributed by atoms with E-state index in [0.717, 1.165) is 0 Å². The molecule has 0 saturated carbocycles. The molecule has 0 amide bonds. The maximum Gasteiger partial charge on any atom is 0.333 e. The summed E-state index contributed by atoms with van der Waals surface area (Å²) in [7, 11) is 0. The molecule has 2 nitrogen and oxygen atoms in total. The van der Waals surface area contributed by atoms with E-state index in [-0.39, 0.29) is 23.1 Å². The van der Waals surface area contributed by atoms with Crippen LogP contribution in [-0.2, 0) is 16.2 Å². The fourth-order valence-electron chi connectivity index (χ4n) is 12.2. The third-order valence-corrected chi connectivity index (χ3v) is 17.5. The van der Waals surface area contributed by atoms with Crippen molar-refractivity contribution in [3.05, 3.63) is 162 Å². The monoisotopic (exact) mass is 858 g/mol. The SMILES string of the molecule is CC(C)(C)c1ccc(N2B3c4cc5sc6ccccc6c5cc4-n4c5ccc(C(C)(C)C)cc5c5c6c(c(c3c54)-c3cc4sc5ccccc5c4cc32)-c2ccccc2C6(C)C)cc1. The third-order valence-electron chi connectivity index (χ3n) is 15.2. The van der Waals surface area contributed by atoms with E-state index in [1.165, 1.54) is 135 Å². The van der Waals surface area contributed by atoms with Crippen molar-refractivity contribution >= 4 is 114 Å². The van der Waals surface area contributed by atoms with Crippen LogP contribution in [0.3, 0.4) is 0 Å². The summed E-state index contributed by atoms with van der Waals surface area (Å²) in [4.78, 5) is 2.74. The molecule has 0 bridgehead atoms. The Labute approximate surface area is 382 Å². The molecule has 11 aromatic rings. The zero-order chi connectivity index (χ0) is 43.3. The number of thiophene rings is 2. The van der Waals surface area contributed by atoms with Crippen LogP contribution >= 0.6 is 22.7 Å². The lowest BCUT2D eigenvalue weighted by molar-refractivity contribution is 0.590. The van der Waals surface area contributed by atoms with E-state index in [9.17, 15) is 0 Å². The summed E-state index contributed by atoms with van der Waals surface area (Å²) in [5.41, 5.74) is 20.2. The summed E-state index contributed by atoms with van der Waals surface area (Å²) < 4.78 is 8.06. The van der Waals surface area contributed by atoms with Crippen LogP contribution in [0.25, 0.3) is 90.1 Å². The fourth-order valence-corrected chi connectivity index (χ4v) is 14.4. The van der Waals surface area contributed by atoms with Gasteiger partial charge in [-0.1, -0.05) is 134 Å². The summed E-state index contributed by atoms with van der Waals surface area (Å²) in [6.07, 6.45) is 0. The molecule has 0 atom stereocenters. The first-order chi connectivity index (χ1) is 30.8. The van der Waals surface area contributed by atoms with Gasteiger partial charge in [-0.3, -0.25) is 0 Å². The van der Waals surface area contributed by atoms with Crippen LogP contribution in [0.1, 0.15) is 77.6 Å². The highest BCUT2D eigenvalue weighted by Gasteiger charge is 2.50. The molecular weight excluding hydrogens is 812 g/mol. The quantitative estimate of drug-likeness (QED) is 0.149. The lowest BCUT2D eigenvalue weighted by Crippen LogP contribution is -2.60. The standard InChI is InChI=1S/C59H47BN2S2/c1-57(2,3)32-21-24-34(25-22-32)62-45-28-38-35-15-10-13-19-47(35)63-49(38)30-41(45)52-51-37-17-9-12-18-42(37)59(7,8)54(51)53-40-27-33(58(4,5)6)23-26-44(40)61-46-29-39-36-16-11-14-20-48(36)64-50(39)31-43(46)60(62)55(52)56(53)61/h9-31H,1-8H3. The lowest BCUT2D eigenvalue weighted by Gasteiger charge is -2.43. The predicted molar refractivity (Wildman–Crippen MR) is 281 cm³/mol. The Balaban J connectivity index is 1.24. The lowest BCUT2D eigenvalue weighted by atomic mass is 9.43. The Morgan fingerprint density at radius 1 is 0.516 bits per heavy atom. The van der Waals surface area contributed by atoms with Gasteiger partial charge >= 0.3 is 6.85 Å². The minimum atomic E-state index is -0.233. The van der Waals surface area contributed by atoms with E-state index >= 15 is 0 Å². The number of rotatable bonds is 1. The molecule has 0 N–H and O–H groups in total. The Morgan fingerprint density at radius 2 is 1.12 bits per heavy atom. The Hall–Kier alpha value is -6.14. The molecule has 64 heavy (non-hydrogen) atoms.